The van der Waals surface area contributed by atoms with E-state index in [4.69, 9.17) is 18.9 Å². The van der Waals surface area contributed by atoms with Crippen molar-refractivity contribution >= 4 is 11.8 Å². The lowest BCUT2D eigenvalue weighted by atomic mass is 9.71. The zero-order valence-electron chi connectivity index (χ0n) is 18.4. The second kappa shape index (κ2) is 9.47. The molecule has 172 valence electrons. The van der Waals surface area contributed by atoms with Crippen LogP contribution >= 0.6 is 0 Å². The quantitative estimate of drug-likeness (QED) is 0.655. The summed E-state index contributed by atoms with van der Waals surface area (Å²) in [5.74, 6) is -1.31. The number of benzene rings is 2. The fourth-order valence-electron chi connectivity index (χ4n) is 5.01. The molecule has 2 fully saturated rings. The topological polar surface area (TPSA) is 83.1 Å². The minimum Gasteiger partial charge on any atom is -0.466 e. The first-order valence-corrected chi connectivity index (χ1v) is 11.2. The molecule has 0 aromatic heterocycles. The molecule has 0 spiro atoms. The minimum atomic E-state index is -0.700. The Labute approximate surface area is 192 Å². The lowest BCUT2D eigenvalue weighted by Gasteiger charge is -2.46. The number of amides is 2. The first-order chi connectivity index (χ1) is 16.2. The fraction of sp³-hybridized carbons (Fsp3) is 0.385. The number of carbonyl (C=O) groups excluding carboxylic acids is 2. The number of allylic oxidation sites excluding steroid dienone is 1. The molecular formula is C26H27NO6. The van der Waals surface area contributed by atoms with E-state index >= 15 is 0 Å². The van der Waals surface area contributed by atoms with E-state index in [9.17, 15) is 9.59 Å². The summed E-state index contributed by atoms with van der Waals surface area (Å²) >= 11 is 0. The lowest BCUT2D eigenvalue weighted by molar-refractivity contribution is -0.260. The summed E-state index contributed by atoms with van der Waals surface area (Å²) in [4.78, 5) is 25.2. The molecule has 2 heterocycles. The average molecular weight is 450 g/mol. The molecule has 6 atom stereocenters. The molecule has 0 saturated carbocycles. The van der Waals surface area contributed by atoms with Crippen LogP contribution in [0.1, 0.15) is 17.5 Å². The predicted octanol–water partition coefficient (Wildman–Crippen LogP) is 2.95. The number of ether oxygens (including phenoxy) is 4. The van der Waals surface area contributed by atoms with Crippen LogP contribution in [-0.4, -0.2) is 37.4 Å². The van der Waals surface area contributed by atoms with Crippen molar-refractivity contribution in [1.29, 1.82) is 0 Å². The van der Waals surface area contributed by atoms with Crippen LogP contribution < -0.4 is 5.32 Å². The van der Waals surface area contributed by atoms with Gasteiger partial charge in [-0.2, -0.15) is 0 Å². The van der Waals surface area contributed by atoms with Crippen molar-refractivity contribution in [3.63, 3.8) is 0 Å². The molecule has 2 aromatic rings. The highest BCUT2D eigenvalue weighted by Gasteiger charge is 2.57. The second-order valence-corrected chi connectivity index (χ2v) is 8.60. The summed E-state index contributed by atoms with van der Waals surface area (Å²) in [5, 5.41) is 2.49. The molecule has 7 nitrogen and oxygen atoms in total. The normalized spacial score (nSPS) is 30.6. The summed E-state index contributed by atoms with van der Waals surface area (Å²) < 4.78 is 24.6. The number of nitrogens with one attached hydrogen (secondary N) is 1. The third kappa shape index (κ3) is 4.31. The van der Waals surface area contributed by atoms with E-state index in [1.54, 1.807) is 7.11 Å². The van der Waals surface area contributed by atoms with Crippen molar-refractivity contribution in [3.05, 3.63) is 83.6 Å². The van der Waals surface area contributed by atoms with Gasteiger partial charge in [0.1, 0.15) is 18.0 Å². The molecule has 2 saturated heterocycles. The van der Waals surface area contributed by atoms with E-state index < -0.39 is 36.3 Å². The van der Waals surface area contributed by atoms with E-state index in [2.05, 4.69) is 5.32 Å². The maximum Gasteiger partial charge on any atom is 0.231 e. The van der Waals surface area contributed by atoms with Crippen LogP contribution in [-0.2, 0) is 41.8 Å². The van der Waals surface area contributed by atoms with E-state index in [0.29, 0.717) is 25.4 Å². The molecule has 7 heteroatoms. The molecule has 0 unspecified atom stereocenters. The molecule has 33 heavy (non-hydrogen) atoms. The Morgan fingerprint density at radius 3 is 2.06 bits per heavy atom. The van der Waals surface area contributed by atoms with E-state index in [1.165, 1.54) is 0 Å². The van der Waals surface area contributed by atoms with Gasteiger partial charge in [0.2, 0.25) is 18.1 Å². The first kappa shape index (κ1) is 21.8. The third-order valence-electron chi connectivity index (χ3n) is 6.61. The molecular weight excluding hydrogens is 422 g/mol. The molecule has 2 aliphatic heterocycles. The van der Waals surface area contributed by atoms with Gasteiger partial charge in [-0.3, -0.25) is 14.9 Å². The van der Waals surface area contributed by atoms with Gasteiger partial charge in [0, 0.05) is 7.11 Å². The van der Waals surface area contributed by atoms with E-state index in [-0.39, 0.29) is 11.8 Å². The highest BCUT2D eigenvalue weighted by molar-refractivity contribution is 6.05. The number of hydrogen-bond donors (Lipinski definition) is 1. The highest BCUT2D eigenvalue weighted by Crippen LogP contribution is 2.46. The molecule has 1 N–H and O–H groups in total. The maximum atomic E-state index is 12.8. The Morgan fingerprint density at radius 2 is 1.45 bits per heavy atom. The van der Waals surface area contributed by atoms with E-state index in [1.807, 2.05) is 66.7 Å². The fourth-order valence-corrected chi connectivity index (χ4v) is 5.01. The summed E-state index contributed by atoms with van der Waals surface area (Å²) in [6, 6.07) is 19.6. The number of hydrogen-bond acceptors (Lipinski definition) is 6. The zero-order valence-corrected chi connectivity index (χ0v) is 18.4. The van der Waals surface area contributed by atoms with Crippen molar-refractivity contribution in [3.8, 4) is 0 Å². The van der Waals surface area contributed by atoms with Gasteiger partial charge in [0.25, 0.3) is 0 Å². The number of imide groups is 1. The van der Waals surface area contributed by atoms with Crippen molar-refractivity contribution in [2.75, 3.05) is 7.11 Å². The standard InChI is InChI=1S/C26H27NO6/c1-30-26-23(32-15-17-10-6-3-7-11-17)22(31-14-16-8-4-2-5-9-16)21-19(33-26)13-12-18-20(21)25(29)27-24(18)28/h2-11,13,18,20-23,26H,12,14-15H2,1H3,(H,27,28,29)/t18-,20+,21+,22-,23-,26-/m1/s1. The van der Waals surface area contributed by atoms with Gasteiger partial charge in [0.15, 0.2) is 0 Å². The predicted molar refractivity (Wildman–Crippen MR) is 118 cm³/mol. The minimum absolute atomic E-state index is 0.238. The smallest absolute Gasteiger partial charge is 0.231 e. The van der Waals surface area contributed by atoms with Crippen molar-refractivity contribution in [2.45, 2.75) is 38.1 Å². The molecule has 2 aromatic carbocycles. The van der Waals surface area contributed by atoms with Crippen molar-refractivity contribution < 1.29 is 28.5 Å². The van der Waals surface area contributed by atoms with Crippen LogP contribution in [0.2, 0.25) is 0 Å². The first-order valence-electron chi connectivity index (χ1n) is 11.2. The van der Waals surface area contributed by atoms with Crippen LogP contribution in [0.15, 0.2) is 72.5 Å². The van der Waals surface area contributed by atoms with Gasteiger partial charge in [-0.1, -0.05) is 60.7 Å². The summed E-state index contributed by atoms with van der Waals surface area (Å²) in [6.07, 6.45) is 0.508. The monoisotopic (exact) mass is 449 g/mol. The third-order valence-corrected chi connectivity index (χ3v) is 6.61. The molecule has 3 aliphatic rings. The number of carbonyl (C=O) groups is 2. The van der Waals surface area contributed by atoms with Gasteiger partial charge in [-0.15, -0.1) is 0 Å². The van der Waals surface area contributed by atoms with Crippen LogP contribution in [0.5, 0.6) is 0 Å². The summed E-state index contributed by atoms with van der Waals surface area (Å²) in [6.45, 7) is 0.675. The largest absolute Gasteiger partial charge is 0.466 e. The maximum absolute atomic E-state index is 12.8. The van der Waals surface area contributed by atoms with Gasteiger partial charge >= 0.3 is 0 Å². The van der Waals surface area contributed by atoms with Crippen molar-refractivity contribution in [1.82, 2.24) is 5.32 Å². The van der Waals surface area contributed by atoms with Crippen LogP contribution in [0.3, 0.4) is 0 Å². The number of rotatable bonds is 7. The van der Waals surface area contributed by atoms with Gasteiger partial charge < -0.3 is 18.9 Å². The Morgan fingerprint density at radius 1 is 0.848 bits per heavy atom. The SMILES string of the molecule is CO[C@@H]1OC2=CC[C@H]3C(=O)NC(=O)[C@@H]3[C@H]2[C@@H](OCc2ccccc2)[C@H]1OCc1ccccc1. The lowest BCUT2D eigenvalue weighted by Crippen LogP contribution is -2.56. The molecule has 0 radical (unpaired) electrons. The number of methoxy groups -OCH3 is 1. The Bertz CT molecular complexity index is 1020. The number of fused-ring (bicyclic) bond motifs is 3. The van der Waals surface area contributed by atoms with Gasteiger partial charge in [0.05, 0.1) is 31.0 Å². The second-order valence-electron chi connectivity index (χ2n) is 8.60. The molecule has 5 rings (SSSR count). The van der Waals surface area contributed by atoms with Crippen LogP contribution in [0, 0.1) is 17.8 Å². The van der Waals surface area contributed by atoms with E-state index in [0.717, 1.165) is 11.1 Å². The zero-order chi connectivity index (χ0) is 22.8. The van der Waals surface area contributed by atoms with Gasteiger partial charge in [-0.05, 0) is 23.6 Å². The Kier molecular flexibility index (Phi) is 6.26. The molecule has 1 aliphatic carbocycles. The Hall–Kier alpha value is -3.00. The average Bonchev–Trinajstić information content (AvgIpc) is 3.15. The summed E-state index contributed by atoms with van der Waals surface area (Å²) in [5.41, 5.74) is 2.01. The Balaban J connectivity index is 1.46. The van der Waals surface area contributed by atoms with Crippen molar-refractivity contribution in [2.24, 2.45) is 17.8 Å². The molecule has 2 amide bonds. The van der Waals surface area contributed by atoms with Gasteiger partial charge in [-0.25, -0.2) is 0 Å². The highest BCUT2D eigenvalue weighted by atomic mass is 16.7. The molecule has 0 bridgehead atoms. The van der Waals surface area contributed by atoms with Crippen LogP contribution in [0.25, 0.3) is 0 Å². The summed E-state index contributed by atoms with van der Waals surface area (Å²) in [7, 11) is 1.57. The van der Waals surface area contributed by atoms with Crippen LogP contribution in [0.4, 0.5) is 0 Å².